The van der Waals surface area contributed by atoms with Crippen LogP contribution in [0.4, 0.5) is 8.78 Å². The number of nitrogens with zero attached hydrogens (tertiary/aromatic N) is 2. The fraction of sp³-hybridized carbons (Fsp3) is 0.280. The molecule has 7 heteroatoms. The molecular formula is C25H21F2N3O2. The van der Waals surface area contributed by atoms with E-state index >= 15 is 0 Å². The second kappa shape index (κ2) is 8.22. The number of amides is 1. The van der Waals surface area contributed by atoms with Crippen LogP contribution in [0.2, 0.25) is 0 Å². The van der Waals surface area contributed by atoms with Crippen LogP contribution in [0.5, 0.6) is 0 Å². The molecule has 0 radical (unpaired) electrons. The zero-order valence-electron chi connectivity index (χ0n) is 17.3. The maximum Gasteiger partial charge on any atom is 0.253 e. The molecule has 5 rings (SSSR count). The maximum atomic E-state index is 14.4. The number of halogens is 2. The lowest BCUT2D eigenvalue weighted by Crippen LogP contribution is -2.14. The van der Waals surface area contributed by atoms with Crippen LogP contribution in [-0.4, -0.2) is 21.7 Å². The molecule has 1 amide bonds. The molecule has 162 valence electrons. The van der Waals surface area contributed by atoms with E-state index in [1.165, 1.54) is 31.0 Å². The molecule has 1 fully saturated rings. The van der Waals surface area contributed by atoms with E-state index in [4.69, 9.17) is 0 Å². The quantitative estimate of drug-likeness (QED) is 0.552. The summed E-state index contributed by atoms with van der Waals surface area (Å²) < 4.78 is 28.7. The van der Waals surface area contributed by atoms with Crippen LogP contribution in [0.1, 0.15) is 63.4 Å². The highest BCUT2D eigenvalue weighted by Crippen LogP contribution is 2.34. The molecule has 5 nitrogen and oxygen atoms in total. The predicted molar refractivity (Wildman–Crippen MR) is 114 cm³/mol. The summed E-state index contributed by atoms with van der Waals surface area (Å²) in [6.07, 6.45) is 5.72. The third-order valence-electron chi connectivity index (χ3n) is 6.03. The Morgan fingerprint density at radius 3 is 2.56 bits per heavy atom. The summed E-state index contributed by atoms with van der Waals surface area (Å²) >= 11 is 0. The summed E-state index contributed by atoms with van der Waals surface area (Å²) in [5.74, 6) is -0.923. The lowest BCUT2D eigenvalue weighted by molar-refractivity contribution is 0.0961. The van der Waals surface area contributed by atoms with Gasteiger partial charge < -0.3 is 5.32 Å². The van der Waals surface area contributed by atoms with E-state index in [1.807, 2.05) is 0 Å². The van der Waals surface area contributed by atoms with Crippen molar-refractivity contribution in [1.82, 2.24) is 15.3 Å². The number of aromatic nitrogens is 2. The lowest BCUT2D eigenvalue weighted by Gasteiger charge is -2.11. The Labute approximate surface area is 183 Å². The van der Waals surface area contributed by atoms with Gasteiger partial charge in [0.1, 0.15) is 11.6 Å². The zero-order chi connectivity index (χ0) is 22.2. The van der Waals surface area contributed by atoms with E-state index in [2.05, 4.69) is 15.3 Å². The van der Waals surface area contributed by atoms with Gasteiger partial charge in [-0.3, -0.25) is 14.6 Å². The first kappa shape index (κ1) is 20.4. The Kier molecular flexibility index (Phi) is 5.25. The van der Waals surface area contributed by atoms with E-state index in [1.54, 1.807) is 24.4 Å². The molecule has 1 aliphatic carbocycles. The van der Waals surface area contributed by atoms with Gasteiger partial charge in [-0.25, -0.2) is 13.8 Å². The van der Waals surface area contributed by atoms with Crippen LogP contribution in [-0.2, 0) is 13.0 Å². The topological polar surface area (TPSA) is 72.0 Å². The monoisotopic (exact) mass is 433 g/mol. The summed E-state index contributed by atoms with van der Waals surface area (Å²) in [5.41, 5.74) is 2.59. The van der Waals surface area contributed by atoms with E-state index in [0.717, 1.165) is 6.42 Å². The predicted octanol–water partition coefficient (Wildman–Crippen LogP) is 4.63. The number of ketones is 1. The molecule has 1 aliphatic heterocycles. The molecule has 0 unspecified atom stereocenters. The van der Waals surface area contributed by atoms with Crippen LogP contribution < -0.4 is 5.32 Å². The first-order chi connectivity index (χ1) is 15.5. The highest BCUT2D eigenvalue weighted by atomic mass is 19.1. The van der Waals surface area contributed by atoms with Crippen molar-refractivity contribution < 1.29 is 18.4 Å². The fourth-order valence-corrected chi connectivity index (χ4v) is 4.10. The molecule has 1 saturated carbocycles. The lowest BCUT2D eigenvalue weighted by atomic mass is 9.98. The third-order valence-corrected chi connectivity index (χ3v) is 6.03. The molecule has 0 atom stereocenters. The van der Waals surface area contributed by atoms with Crippen molar-refractivity contribution in [3.05, 3.63) is 82.3 Å². The van der Waals surface area contributed by atoms with Crippen molar-refractivity contribution in [2.24, 2.45) is 5.92 Å². The van der Waals surface area contributed by atoms with Crippen LogP contribution in [0.3, 0.4) is 0 Å². The van der Waals surface area contributed by atoms with Gasteiger partial charge in [0.25, 0.3) is 5.91 Å². The number of Topliss-reactive ketones (excluding diaryl/α,β-unsaturated/α-hetero) is 1. The standard InChI is InChI=1S/C25H21F2N3O2/c26-18-2-1-3-19(27)24(18)20-11-16(23-21(30-20)13-29-25(23)32)10-17-8-7-15(12-28-17)22(31)9-6-14-4-5-14/h1-3,7-8,11-12,14H,4-6,9-10,13H2,(H,29,32). The zero-order valence-corrected chi connectivity index (χ0v) is 17.3. The van der Waals surface area contributed by atoms with Crippen LogP contribution in [0.25, 0.3) is 11.3 Å². The minimum absolute atomic E-state index is 0.0810. The number of carbonyl (C=O) groups is 2. The second-order valence-electron chi connectivity index (χ2n) is 8.39. The number of nitrogens with one attached hydrogen (secondary N) is 1. The Morgan fingerprint density at radius 2 is 1.88 bits per heavy atom. The normalized spacial score (nSPS) is 14.9. The van der Waals surface area contributed by atoms with E-state index in [0.29, 0.717) is 40.4 Å². The average Bonchev–Trinajstić information content (AvgIpc) is 3.54. The molecule has 32 heavy (non-hydrogen) atoms. The number of hydrogen-bond acceptors (Lipinski definition) is 4. The average molecular weight is 433 g/mol. The van der Waals surface area contributed by atoms with E-state index < -0.39 is 11.6 Å². The second-order valence-corrected chi connectivity index (χ2v) is 8.39. The molecule has 2 aliphatic rings. The summed E-state index contributed by atoms with van der Waals surface area (Å²) in [5, 5.41) is 2.72. The van der Waals surface area contributed by atoms with Gasteiger partial charge in [0.15, 0.2) is 5.78 Å². The van der Waals surface area contributed by atoms with Crippen molar-refractivity contribution in [3.63, 3.8) is 0 Å². The molecule has 0 spiro atoms. The van der Waals surface area contributed by atoms with Crippen molar-refractivity contribution in [3.8, 4) is 11.3 Å². The number of rotatable bonds is 7. The fourth-order valence-electron chi connectivity index (χ4n) is 4.10. The van der Waals surface area contributed by atoms with Gasteiger partial charge in [0.2, 0.25) is 0 Å². The number of hydrogen-bond donors (Lipinski definition) is 1. The Hall–Kier alpha value is -3.48. The van der Waals surface area contributed by atoms with Crippen LogP contribution >= 0.6 is 0 Å². The highest BCUT2D eigenvalue weighted by Gasteiger charge is 2.27. The molecule has 1 aromatic carbocycles. The molecule has 0 bridgehead atoms. The van der Waals surface area contributed by atoms with Gasteiger partial charge in [-0.15, -0.1) is 0 Å². The minimum Gasteiger partial charge on any atom is -0.346 e. The molecule has 2 aromatic heterocycles. The van der Waals surface area contributed by atoms with E-state index in [9.17, 15) is 18.4 Å². The van der Waals surface area contributed by atoms with Gasteiger partial charge in [-0.1, -0.05) is 18.9 Å². The number of pyridine rings is 2. The van der Waals surface area contributed by atoms with Crippen LogP contribution in [0, 0.1) is 17.6 Å². The largest absolute Gasteiger partial charge is 0.346 e. The third kappa shape index (κ3) is 4.02. The molecule has 0 saturated heterocycles. The van der Waals surface area contributed by atoms with Gasteiger partial charge in [-0.05, 0) is 48.2 Å². The van der Waals surface area contributed by atoms with Gasteiger partial charge >= 0.3 is 0 Å². The first-order valence-electron chi connectivity index (χ1n) is 10.7. The summed E-state index contributed by atoms with van der Waals surface area (Å²) in [4.78, 5) is 33.5. The van der Waals surface area contributed by atoms with E-state index in [-0.39, 0.29) is 35.9 Å². The van der Waals surface area contributed by atoms with Crippen LogP contribution in [0.15, 0.2) is 42.6 Å². The number of carbonyl (C=O) groups excluding carboxylic acids is 2. The summed E-state index contributed by atoms with van der Waals surface area (Å²) in [7, 11) is 0. The SMILES string of the molecule is O=C(CCC1CC1)c1ccc(Cc2cc(-c3c(F)cccc3F)nc3c2C(=O)NC3)nc1. The minimum atomic E-state index is -0.715. The van der Waals surface area contributed by atoms with Crippen molar-refractivity contribution in [2.45, 2.75) is 38.6 Å². The molecule has 3 aromatic rings. The van der Waals surface area contributed by atoms with Gasteiger partial charge in [-0.2, -0.15) is 0 Å². The molecule has 1 N–H and O–H groups in total. The van der Waals surface area contributed by atoms with Gasteiger partial charge in [0.05, 0.1) is 29.1 Å². The van der Waals surface area contributed by atoms with Gasteiger partial charge in [0, 0.05) is 30.3 Å². The smallest absolute Gasteiger partial charge is 0.253 e. The first-order valence-corrected chi connectivity index (χ1v) is 10.7. The van der Waals surface area contributed by atoms with Crippen molar-refractivity contribution in [2.75, 3.05) is 0 Å². The van der Waals surface area contributed by atoms with Crippen molar-refractivity contribution >= 4 is 11.7 Å². The molecular weight excluding hydrogens is 412 g/mol. The number of fused-ring (bicyclic) bond motifs is 1. The maximum absolute atomic E-state index is 14.4. The molecule has 3 heterocycles. The Morgan fingerprint density at radius 1 is 1.09 bits per heavy atom. The Bertz CT molecular complexity index is 1200. The van der Waals surface area contributed by atoms with Crippen molar-refractivity contribution in [1.29, 1.82) is 0 Å². The summed E-state index contributed by atoms with van der Waals surface area (Å²) in [6, 6.07) is 8.70. The summed E-state index contributed by atoms with van der Waals surface area (Å²) in [6.45, 7) is 0.201. The Balaban J connectivity index is 1.44. The number of benzene rings is 1. The highest BCUT2D eigenvalue weighted by molar-refractivity contribution is 5.99.